The average molecular weight is 168 g/mol. The van der Waals surface area contributed by atoms with Gasteiger partial charge < -0.3 is 13.9 Å². The maximum atomic E-state index is 5.21. The smallest absolute Gasteiger partial charge is 0.129 e. The molecule has 0 aliphatic heterocycles. The molecule has 3 nitrogen and oxygen atoms in total. The van der Waals surface area contributed by atoms with E-state index in [2.05, 4.69) is 6.58 Å². The van der Waals surface area contributed by atoms with Crippen molar-refractivity contribution < 1.29 is 13.9 Å². The van der Waals surface area contributed by atoms with E-state index in [-0.39, 0.29) is 0 Å². The molecule has 0 aliphatic carbocycles. The Bertz CT molecular complexity index is 204. The summed E-state index contributed by atoms with van der Waals surface area (Å²) in [5.74, 6) is 0.827. The third-order valence-electron chi connectivity index (χ3n) is 1.29. The Morgan fingerprint density at radius 2 is 2.42 bits per heavy atom. The number of rotatable bonds is 6. The Labute approximate surface area is 71.6 Å². The van der Waals surface area contributed by atoms with Gasteiger partial charge in [0.05, 0.1) is 19.1 Å². The molecular weight excluding hydrogens is 156 g/mol. The van der Waals surface area contributed by atoms with Crippen LogP contribution in [0.5, 0.6) is 0 Å². The van der Waals surface area contributed by atoms with Crippen molar-refractivity contribution in [1.29, 1.82) is 0 Å². The van der Waals surface area contributed by atoms with Gasteiger partial charge in [-0.1, -0.05) is 6.58 Å². The number of ether oxygens (including phenoxy) is 2. The molecule has 12 heavy (non-hydrogen) atoms. The minimum Gasteiger partial charge on any atom is -0.499 e. The SMILES string of the molecule is C=COCCOCc1ccco1. The minimum absolute atomic E-state index is 0.494. The summed E-state index contributed by atoms with van der Waals surface area (Å²) in [5.41, 5.74) is 0. The first-order chi connectivity index (χ1) is 5.93. The lowest BCUT2D eigenvalue weighted by Crippen LogP contribution is -2.00. The highest BCUT2D eigenvalue weighted by atomic mass is 16.5. The molecule has 0 saturated heterocycles. The van der Waals surface area contributed by atoms with Gasteiger partial charge in [-0.15, -0.1) is 0 Å². The van der Waals surface area contributed by atoms with Crippen molar-refractivity contribution in [3.05, 3.63) is 37.0 Å². The van der Waals surface area contributed by atoms with Crippen LogP contribution in [0.15, 0.2) is 35.7 Å². The van der Waals surface area contributed by atoms with Gasteiger partial charge in [-0.3, -0.25) is 0 Å². The predicted molar refractivity (Wildman–Crippen MR) is 44.5 cm³/mol. The number of hydrogen-bond donors (Lipinski definition) is 0. The second-order valence-corrected chi connectivity index (χ2v) is 2.17. The van der Waals surface area contributed by atoms with Gasteiger partial charge in [-0.25, -0.2) is 0 Å². The largest absolute Gasteiger partial charge is 0.499 e. The quantitative estimate of drug-likeness (QED) is 0.480. The Balaban J connectivity index is 2.00. The summed E-state index contributed by atoms with van der Waals surface area (Å²) >= 11 is 0. The average Bonchev–Trinajstić information content (AvgIpc) is 2.57. The highest BCUT2D eigenvalue weighted by molar-refractivity contribution is 4.95. The van der Waals surface area contributed by atoms with Crippen LogP contribution in [0.2, 0.25) is 0 Å². The molecule has 1 aromatic rings. The van der Waals surface area contributed by atoms with Crippen LogP contribution in [0, 0.1) is 0 Å². The van der Waals surface area contributed by atoms with Gasteiger partial charge in [0.1, 0.15) is 19.0 Å². The number of hydrogen-bond acceptors (Lipinski definition) is 3. The van der Waals surface area contributed by atoms with Crippen LogP contribution in [0.4, 0.5) is 0 Å². The van der Waals surface area contributed by atoms with E-state index < -0.39 is 0 Å². The molecule has 0 aliphatic rings. The highest BCUT2D eigenvalue weighted by Gasteiger charge is 1.93. The molecule has 0 radical (unpaired) electrons. The summed E-state index contributed by atoms with van der Waals surface area (Å²) in [4.78, 5) is 0. The molecule has 0 aromatic carbocycles. The molecule has 0 unspecified atom stereocenters. The summed E-state index contributed by atoms with van der Waals surface area (Å²) < 4.78 is 15.1. The third kappa shape index (κ3) is 3.25. The van der Waals surface area contributed by atoms with Crippen molar-refractivity contribution in [3.8, 4) is 0 Å². The Morgan fingerprint density at radius 3 is 3.08 bits per heavy atom. The maximum Gasteiger partial charge on any atom is 0.129 e. The van der Waals surface area contributed by atoms with E-state index in [0.29, 0.717) is 19.8 Å². The van der Waals surface area contributed by atoms with Crippen LogP contribution in [0.1, 0.15) is 5.76 Å². The standard InChI is InChI=1S/C9H12O3/c1-2-10-6-7-11-8-9-4-3-5-12-9/h2-5H,1,6-8H2. The normalized spacial score (nSPS) is 9.67. The van der Waals surface area contributed by atoms with Gasteiger partial charge in [-0.05, 0) is 12.1 Å². The Hall–Kier alpha value is -1.22. The first-order valence-corrected chi connectivity index (χ1v) is 3.76. The van der Waals surface area contributed by atoms with Crippen molar-refractivity contribution in [2.45, 2.75) is 6.61 Å². The molecule has 3 heteroatoms. The molecule has 0 atom stereocenters. The van der Waals surface area contributed by atoms with Gasteiger partial charge in [0.2, 0.25) is 0 Å². The summed E-state index contributed by atoms with van der Waals surface area (Å²) in [6, 6.07) is 3.70. The van der Waals surface area contributed by atoms with Crippen LogP contribution in [-0.4, -0.2) is 13.2 Å². The van der Waals surface area contributed by atoms with Crippen molar-refractivity contribution in [3.63, 3.8) is 0 Å². The molecule has 0 N–H and O–H groups in total. The molecule has 1 rings (SSSR count). The third-order valence-corrected chi connectivity index (χ3v) is 1.29. The first kappa shape index (κ1) is 8.87. The number of furan rings is 1. The molecule has 0 amide bonds. The summed E-state index contributed by atoms with van der Waals surface area (Å²) in [6.07, 6.45) is 3.02. The molecule has 1 aromatic heterocycles. The molecule has 0 bridgehead atoms. The van der Waals surface area contributed by atoms with E-state index in [1.54, 1.807) is 6.26 Å². The monoisotopic (exact) mass is 168 g/mol. The maximum absolute atomic E-state index is 5.21. The zero-order valence-corrected chi connectivity index (χ0v) is 6.86. The van der Waals surface area contributed by atoms with Crippen molar-refractivity contribution in [1.82, 2.24) is 0 Å². The van der Waals surface area contributed by atoms with E-state index in [1.165, 1.54) is 6.26 Å². The predicted octanol–water partition coefficient (Wildman–Crippen LogP) is 1.96. The van der Waals surface area contributed by atoms with Gasteiger partial charge in [0.15, 0.2) is 0 Å². The second-order valence-electron chi connectivity index (χ2n) is 2.17. The fourth-order valence-electron chi connectivity index (χ4n) is 0.758. The zero-order chi connectivity index (χ0) is 8.65. The van der Waals surface area contributed by atoms with Crippen molar-refractivity contribution in [2.24, 2.45) is 0 Å². The molecular formula is C9H12O3. The van der Waals surface area contributed by atoms with E-state index in [4.69, 9.17) is 13.9 Å². The van der Waals surface area contributed by atoms with E-state index >= 15 is 0 Å². The fourth-order valence-corrected chi connectivity index (χ4v) is 0.758. The van der Waals surface area contributed by atoms with E-state index in [1.807, 2.05) is 12.1 Å². The highest BCUT2D eigenvalue weighted by Crippen LogP contribution is 2.00. The van der Waals surface area contributed by atoms with Gasteiger partial charge >= 0.3 is 0 Å². The summed E-state index contributed by atoms with van der Waals surface area (Å²) in [7, 11) is 0. The van der Waals surface area contributed by atoms with Crippen LogP contribution < -0.4 is 0 Å². The topological polar surface area (TPSA) is 31.6 Å². The Kier molecular flexibility index (Phi) is 4.02. The molecule has 66 valence electrons. The van der Waals surface area contributed by atoms with Crippen LogP contribution >= 0.6 is 0 Å². The molecule has 1 heterocycles. The lowest BCUT2D eigenvalue weighted by atomic mass is 10.5. The Morgan fingerprint density at radius 1 is 1.50 bits per heavy atom. The van der Waals surface area contributed by atoms with Gasteiger partial charge in [-0.2, -0.15) is 0 Å². The fraction of sp³-hybridized carbons (Fsp3) is 0.333. The molecule has 0 saturated carbocycles. The summed E-state index contributed by atoms with van der Waals surface area (Å²) in [5, 5.41) is 0. The molecule has 0 spiro atoms. The second kappa shape index (κ2) is 5.43. The molecule has 0 fully saturated rings. The first-order valence-electron chi connectivity index (χ1n) is 3.76. The van der Waals surface area contributed by atoms with E-state index in [9.17, 15) is 0 Å². The van der Waals surface area contributed by atoms with E-state index in [0.717, 1.165) is 5.76 Å². The van der Waals surface area contributed by atoms with Crippen LogP contribution in [0.25, 0.3) is 0 Å². The van der Waals surface area contributed by atoms with Crippen molar-refractivity contribution in [2.75, 3.05) is 13.2 Å². The lowest BCUT2D eigenvalue weighted by molar-refractivity contribution is 0.0658. The minimum atomic E-state index is 0.494. The lowest BCUT2D eigenvalue weighted by Gasteiger charge is -2.00. The van der Waals surface area contributed by atoms with Gasteiger partial charge in [0, 0.05) is 0 Å². The van der Waals surface area contributed by atoms with Crippen molar-refractivity contribution >= 4 is 0 Å². The van der Waals surface area contributed by atoms with Gasteiger partial charge in [0.25, 0.3) is 0 Å². The van der Waals surface area contributed by atoms with Crippen LogP contribution in [0.3, 0.4) is 0 Å². The van der Waals surface area contributed by atoms with Crippen LogP contribution in [-0.2, 0) is 16.1 Å². The summed E-state index contributed by atoms with van der Waals surface area (Å²) in [6.45, 7) is 4.99. The zero-order valence-electron chi connectivity index (χ0n) is 6.86.